The minimum absolute atomic E-state index is 0.126. The van der Waals surface area contributed by atoms with Crippen molar-refractivity contribution < 1.29 is 19.5 Å². The van der Waals surface area contributed by atoms with Gasteiger partial charge in [-0.15, -0.1) is 11.3 Å². The molecule has 2 amide bonds. The van der Waals surface area contributed by atoms with E-state index >= 15 is 0 Å². The highest BCUT2D eigenvalue weighted by Crippen LogP contribution is 2.32. The molecule has 0 saturated heterocycles. The maximum atomic E-state index is 11.6. The summed E-state index contributed by atoms with van der Waals surface area (Å²) < 4.78 is 0. The molecular weight excluding hydrogens is 268 g/mol. The van der Waals surface area contributed by atoms with Crippen molar-refractivity contribution in [3.05, 3.63) is 16.0 Å². The average Bonchev–Trinajstić information content (AvgIpc) is 2.53. The molecule has 1 aromatic heterocycles. The summed E-state index contributed by atoms with van der Waals surface area (Å²) >= 11 is 1.23. The minimum atomic E-state index is -1.06. The summed E-state index contributed by atoms with van der Waals surface area (Å²) in [7, 11) is 0. The van der Waals surface area contributed by atoms with Crippen LogP contribution in [0, 0.1) is 19.8 Å². The van der Waals surface area contributed by atoms with Gasteiger partial charge in [0.15, 0.2) is 0 Å². The van der Waals surface area contributed by atoms with Gasteiger partial charge in [0.2, 0.25) is 0 Å². The number of hydroxylamine groups is 1. The van der Waals surface area contributed by atoms with E-state index in [2.05, 4.69) is 10.8 Å². The Balaban J connectivity index is 2.69. The van der Waals surface area contributed by atoms with Gasteiger partial charge in [-0.25, -0.2) is 15.1 Å². The summed E-state index contributed by atoms with van der Waals surface area (Å²) in [5, 5.41) is 11.9. The third kappa shape index (κ3) is 4.22. The van der Waals surface area contributed by atoms with Gasteiger partial charge in [0.25, 0.3) is 0 Å². The van der Waals surface area contributed by atoms with Crippen LogP contribution in [0.2, 0.25) is 0 Å². The first-order valence-electron chi connectivity index (χ1n) is 5.85. The molecule has 6 nitrogen and oxygen atoms in total. The third-order valence-electron chi connectivity index (χ3n) is 2.41. The normalized spacial score (nSPS) is 10.6. The van der Waals surface area contributed by atoms with Crippen molar-refractivity contribution in [1.29, 1.82) is 0 Å². The monoisotopic (exact) mass is 286 g/mol. The van der Waals surface area contributed by atoms with Crippen molar-refractivity contribution in [3.63, 3.8) is 0 Å². The first-order chi connectivity index (χ1) is 8.82. The molecule has 0 aliphatic heterocycles. The predicted octanol–water partition coefficient (Wildman–Crippen LogP) is 2.77. The number of aryl methyl sites for hydroxylation is 1. The minimum Gasteiger partial charge on any atom is -0.478 e. The number of carbonyl (C=O) groups excluding carboxylic acids is 1. The van der Waals surface area contributed by atoms with Crippen LogP contribution in [0.1, 0.15) is 34.6 Å². The zero-order valence-electron chi connectivity index (χ0n) is 11.4. The average molecular weight is 286 g/mol. The number of carbonyl (C=O) groups is 2. The quantitative estimate of drug-likeness (QED) is 0.726. The number of thiophene rings is 1. The Bertz CT molecular complexity index is 482. The number of aromatic carboxylic acids is 1. The van der Waals surface area contributed by atoms with E-state index in [0.717, 1.165) is 4.88 Å². The third-order valence-corrected chi connectivity index (χ3v) is 3.53. The molecule has 0 radical (unpaired) electrons. The van der Waals surface area contributed by atoms with Crippen molar-refractivity contribution in [3.8, 4) is 0 Å². The standard InChI is InChI=1S/C12H18N2O4S/c1-6(2)5-18-14-12(17)13-10-9(11(15)16)7(3)8(4)19-10/h6H,5H2,1-4H3,(H,15,16)(H2,13,14,17). The molecule has 0 aliphatic rings. The van der Waals surface area contributed by atoms with Crippen LogP contribution in [0.4, 0.5) is 9.80 Å². The fraction of sp³-hybridized carbons (Fsp3) is 0.500. The number of carboxylic acid groups (broad SMARTS) is 1. The highest BCUT2D eigenvalue weighted by atomic mass is 32.1. The summed E-state index contributed by atoms with van der Waals surface area (Å²) in [4.78, 5) is 28.5. The van der Waals surface area contributed by atoms with E-state index in [-0.39, 0.29) is 5.56 Å². The van der Waals surface area contributed by atoms with Crippen molar-refractivity contribution in [2.75, 3.05) is 11.9 Å². The molecule has 0 spiro atoms. The van der Waals surface area contributed by atoms with Gasteiger partial charge >= 0.3 is 12.0 Å². The second-order valence-electron chi connectivity index (χ2n) is 4.55. The summed E-state index contributed by atoms with van der Waals surface area (Å²) in [6, 6.07) is -0.579. The molecule has 0 bridgehead atoms. The van der Waals surface area contributed by atoms with E-state index < -0.39 is 12.0 Å². The number of anilines is 1. The predicted molar refractivity (Wildman–Crippen MR) is 73.7 cm³/mol. The van der Waals surface area contributed by atoms with E-state index in [1.54, 1.807) is 6.92 Å². The molecule has 106 valence electrons. The SMILES string of the molecule is Cc1sc(NC(=O)NOCC(C)C)c(C(=O)O)c1C. The number of nitrogens with one attached hydrogen (secondary N) is 2. The molecule has 0 fully saturated rings. The van der Waals surface area contributed by atoms with Gasteiger partial charge < -0.3 is 5.11 Å². The number of urea groups is 1. The Labute approximate surface area is 115 Å². The molecule has 0 saturated carbocycles. The molecule has 1 rings (SSSR count). The van der Waals surface area contributed by atoms with Crippen molar-refractivity contribution in [2.45, 2.75) is 27.7 Å². The molecule has 0 unspecified atom stereocenters. The molecule has 0 atom stereocenters. The van der Waals surface area contributed by atoms with E-state index in [1.807, 2.05) is 20.8 Å². The molecule has 1 heterocycles. The number of carboxylic acids is 1. The number of rotatable bonds is 5. The van der Waals surface area contributed by atoms with E-state index in [9.17, 15) is 9.59 Å². The molecule has 3 N–H and O–H groups in total. The maximum absolute atomic E-state index is 11.6. The number of hydrogen-bond donors (Lipinski definition) is 3. The van der Waals surface area contributed by atoms with Crippen LogP contribution in [0.25, 0.3) is 0 Å². The lowest BCUT2D eigenvalue weighted by molar-refractivity contribution is 0.0482. The molecule has 19 heavy (non-hydrogen) atoms. The fourth-order valence-corrected chi connectivity index (χ4v) is 2.42. The van der Waals surface area contributed by atoms with E-state index in [1.165, 1.54) is 11.3 Å². The zero-order chi connectivity index (χ0) is 14.6. The highest BCUT2D eigenvalue weighted by Gasteiger charge is 2.20. The Hall–Kier alpha value is -1.60. The van der Waals surface area contributed by atoms with Crippen LogP contribution in [-0.4, -0.2) is 23.7 Å². The van der Waals surface area contributed by atoms with Gasteiger partial charge in [-0.05, 0) is 25.3 Å². The van der Waals surface area contributed by atoms with Crippen LogP contribution < -0.4 is 10.8 Å². The smallest absolute Gasteiger partial charge is 0.343 e. The number of amides is 2. The summed E-state index contributed by atoms with van der Waals surface area (Å²) in [5.74, 6) is -0.763. The van der Waals surface area contributed by atoms with Crippen molar-refractivity contribution in [2.24, 2.45) is 5.92 Å². The first-order valence-corrected chi connectivity index (χ1v) is 6.66. The van der Waals surface area contributed by atoms with Gasteiger partial charge in [-0.2, -0.15) is 0 Å². The summed E-state index contributed by atoms with van der Waals surface area (Å²) in [5.41, 5.74) is 3.01. The lowest BCUT2D eigenvalue weighted by atomic mass is 10.1. The second kappa shape index (κ2) is 6.53. The molecule has 1 aromatic rings. The molecular formula is C12H18N2O4S. The second-order valence-corrected chi connectivity index (χ2v) is 5.78. The van der Waals surface area contributed by atoms with Gasteiger partial charge in [-0.3, -0.25) is 10.2 Å². The Morgan fingerprint density at radius 1 is 1.37 bits per heavy atom. The fourth-order valence-electron chi connectivity index (χ4n) is 1.38. The van der Waals surface area contributed by atoms with Crippen molar-refractivity contribution in [1.82, 2.24) is 5.48 Å². The summed E-state index contributed by atoms with van der Waals surface area (Å²) in [6.07, 6.45) is 0. The van der Waals surface area contributed by atoms with Crippen LogP contribution in [-0.2, 0) is 4.84 Å². The van der Waals surface area contributed by atoms with E-state index in [0.29, 0.717) is 23.1 Å². The highest BCUT2D eigenvalue weighted by molar-refractivity contribution is 7.16. The number of hydrogen-bond acceptors (Lipinski definition) is 4. The molecule has 0 aromatic carbocycles. The van der Waals surface area contributed by atoms with Gasteiger partial charge in [0.05, 0.1) is 12.2 Å². The van der Waals surface area contributed by atoms with E-state index in [4.69, 9.17) is 9.94 Å². The Morgan fingerprint density at radius 3 is 2.53 bits per heavy atom. The first kappa shape index (κ1) is 15.5. The lowest BCUT2D eigenvalue weighted by Gasteiger charge is -2.08. The van der Waals surface area contributed by atoms with Gasteiger partial charge in [0, 0.05) is 4.88 Å². The van der Waals surface area contributed by atoms with Crippen LogP contribution in [0.5, 0.6) is 0 Å². The maximum Gasteiger partial charge on any atom is 0.343 e. The molecule has 7 heteroatoms. The Morgan fingerprint density at radius 2 is 2.00 bits per heavy atom. The van der Waals surface area contributed by atoms with Crippen molar-refractivity contribution >= 4 is 28.3 Å². The largest absolute Gasteiger partial charge is 0.478 e. The Kier molecular flexibility index (Phi) is 5.31. The summed E-state index contributed by atoms with van der Waals surface area (Å²) in [6.45, 7) is 7.82. The van der Waals surface area contributed by atoms with Gasteiger partial charge in [0.1, 0.15) is 5.00 Å². The van der Waals surface area contributed by atoms with Crippen LogP contribution in [0.15, 0.2) is 0 Å². The zero-order valence-corrected chi connectivity index (χ0v) is 12.2. The topological polar surface area (TPSA) is 87.7 Å². The lowest BCUT2D eigenvalue weighted by Crippen LogP contribution is -2.30. The van der Waals surface area contributed by atoms with Gasteiger partial charge in [-0.1, -0.05) is 13.8 Å². The van der Waals surface area contributed by atoms with Crippen LogP contribution in [0.3, 0.4) is 0 Å². The van der Waals surface area contributed by atoms with Crippen LogP contribution >= 0.6 is 11.3 Å². The molecule has 0 aliphatic carbocycles.